The number of carbonyl (C=O) groups is 1. The van der Waals surface area contributed by atoms with E-state index in [0.29, 0.717) is 0 Å². The number of hydrogen-bond donors (Lipinski definition) is 1. The first-order valence-electron chi connectivity index (χ1n) is 7.98. The second-order valence-electron chi connectivity index (χ2n) is 6.16. The van der Waals surface area contributed by atoms with Crippen LogP contribution in [0.5, 0.6) is 5.75 Å². The molecule has 2 aromatic carbocycles. The Hall–Kier alpha value is -2.55. The predicted molar refractivity (Wildman–Crippen MR) is 91.2 cm³/mol. The van der Waals surface area contributed by atoms with E-state index in [9.17, 15) is 4.79 Å². The third-order valence-electron chi connectivity index (χ3n) is 4.91. The van der Waals surface area contributed by atoms with E-state index >= 15 is 0 Å². The number of hydrogen-bond acceptors (Lipinski definition) is 3. The number of benzene rings is 2. The molecule has 0 unspecified atom stereocenters. The minimum absolute atomic E-state index is 0.172. The third-order valence-corrected chi connectivity index (χ3v) is 4.91. The monoisotopic (exact) mass is 305 g/mol. The summed E-state index contributed by atoms with van der Waals surface area (Å²) < 4.78 is 5.35. The molecular formula is C20H19NO2. The Morgan fingerprint density at radius 3 is 2.78 bits per heavy atom. The van der Waals surface area contributed by atoms with Gasteiger partial charge in [-0.2, -0.15) is 0 Å². The molecule has 1 N–H and O–H groups in total. The molecule has 0 radical (unpaired) electrons. The molecule has 116 valence electrons. The number of ether oxygens (including phenoxy) is 1. The maximum absolute atomic E-state index is 13.0. The van der Waals surface area contributed by atoms with Gasteiger partial charge < -0.3 is 10.1 Å². The Bertz CT molecular complexity index is 766. The molecular weight excluding hydrogens is 286 g/mol. The molecule has 0 aromatic heterocycles. The van der Waals surface area contributed by atoms with Crippen molar-refractivity contribution in [3.8, 4) is 5.75 Å². The topological polar surface area (TPSA) is 38.3 Å². The molecule has 3 heteroatoms. The van der Waals surface area contributed by atoms with Gasteiger partial charge in [-0.1, -0.05) is 42.5 Å². The van der Waals surface area contributed by atoms with E-state index < -0.39 is 0 Å². The minimum Gasteiger partial charge on any atom is -0.497 e. The number of ketones is 1. The van der Waals surface area contributed by atoms with Gasteiger partial charge in [0.1, 0.15) is 5.75 Å². The number of carbonyl (C=O) groups excluding carboxylic acids is 1. The summed E-state index contributed by atoms with van der Waals surface area (Å²) in [5.74, 6) is 1.57. The average Bonchev–Trinajstić information content (AvgIpc) is 3.11. The minimum atomic E-state index is -0.182. The zero-order valence-electron chi connectivity index (χ0n) is 13.0. The number of methoxy groups -OCH3 is 1. The van der Waals surface area contributed by atoms with Crippen molar-refractivity contribution in [1.82, 2.24) is 0 Å². The van der Waals surface area contributed by atoms with Crippen LogP contribution in [0.15, 0.2) is 60.7 Å². The van der Waals surface area contributed by atoms with Gasteiger partial charge in [-0.3, -0.25) is 4.79 Å². The quantitative estimate of drug-likeness (QED) is 0.687. The van der Waals surface area contributed by atoms with Crippen LogP contribution in [0.1, 0.15) is 28.3 Å². The van der Waals surface area contributed by atoms with E-state index in [4.69, 9.17) is 4.74 Å². The van der Waals surface area contributed by atoms with Crippen molar-refractivity contribution in [3.05, 3.63) is 71.8 Å². The first-order valence-corrected chi connectivity index (χ1v) is 7.98. The Balaban J connectivity index is 1.72. The average molecular weight is 305 g/mol. The number of rotatable bonds is 3. The number of fused-ring (bicyclic) bond motifs is 3. The van der Waals surface area contributed by atoms with Gasteiger partial charge in [0.15, 0.2) is 5.78 Å². The van der Waals surface area contributed by atoms with Crippen LogP contribution in [-0.4, -0.2) is 18.9 Å². The van der Waals surface area contributed by atoms with Crippen molar-refractivity contribution in [2.24, 2.45) is 5.92 Å². The van der Waals surface area contributed by atoms with Crippen molar-refractivity contribution >= 4 is 11.5 Å². The molecule has 1 aliphatic heterocycles. The molecule has 0 spiro atoms. The van der Waals surface area contributed by atoms with Gasteiger partial charge in [-0.25, -0.2) is 0 Å². The maximum Gasteiger partial charge on any atom is 0.185 e. The second kappa shape index (κ2) is 5.58. The summed E-state index contributed by atoms with van der Waals surface area (Å²) in [6, 6.07) is 15.4. The lowest BCUT2D eigenvalue weighted by molar-refractivity contribution is 0.0938. The van der Waals surface area contributed by atoms with E-state index in [1.54, 1.807) is 7.11 Å². The summed E-state index contributed by atoms with van der Waals surface area (Å²) in [7, 11) is 1.68. The first-order chi connectivity index (χ1) is 11.3. The van der Waals surface area contributed by atoms with E-state index in [2.05, 4.69) is 23.5 Å². The van der Waals surface area contributed by atoms with E-state index in [1.807, 2.05) is 42.5 Å². The lowest BCUT2D eigenvalue weighted by Crippen LogP contribution is -2.42. The van der Waals surface area contributed by atoms with Crippen LogP contribution in [0.4, 0.5) is 5.69 Å². The van der Waals surface area contributed by atoms with E-state index in [0.717, 1.165) is 23.4 Å². The maximum atomic E-state index is 13.0. The fourth-order valence-corrected chi connectivity index (χ4v) is 3.74. The van der Waals surface area contributed by atoms with Crippen molar-refractivity contribution < 1.29 is 9.53 Å². The highest BCUT2D eigenvalue weighted by Gasteiger charge is 2.40. The predicted octanol–water partition coefficient (Wildman–Crippen LogP) is 4.03. The van der Waals surface area contributed by atoms with Gasteiger partial charge >= 0.3 is 0 Å². The summed E-state index contributed by atoms with van der Waals surface area (Å²) in [4.78, 5) is 13.0. The third kappa shape index (κ3) is 2.33. The molecule has 0 amide bonds. The molecule has 0 saturated heterocycles. The van der Waals surface area contributed by atoms with Crippen LogP contribution < -0.4 is 10.1 Å². The van der Waals surface area contributed by atoms with Gasteiger partial charge in [-0.05, 0) is 30.2 Å². The highest BCUT2D eigenvalue weighted by molar-refractivity contribution is 6.02. The molecule has 3 nitrogen and oxygen atoms in total. The SMILES string of the molecule is COc1ccc2c(c1)[C@H]1C=CC[C@H]1[C@@H](C(=O)c1ccccc1)N2. The van der Waals surface area contributed by atoms with Crippen LogP contribution >= 0.6 is 0 Å². The van der Waals surface area contributed by atoms with Gasteiger partial charge in [0.2, 0.25) is 0 Å². The Morgan fingerprint density at radius 1 is 1.17 bits per heavy atom. The molecule has 1 aliphatic carbocycles. The Morgan fingerprint density at radius 2 is 2.00 bits per heavy atom. The van der Waals surface area contributed by atoms with Crippen molar-refractivity contribution in [2.45, 2.75) is 18.4 Å². The summed E-state index contributed by atoms with van der Waals surface area (Å²) in [5, 5.41) is 3.47. The summed E-state index contributed by atoms with van der Waals surface area (Å²) in [6.45, 7) is 0. The normalized spacial score (nSPS) is 24.5. The first kappa shape index (κ1) is 14.1. The number of allylic oxidation sites excluding steroid dienone is 2. The molecule has 1 heterocycles. The Kier molecular flexibility index (Phi) is 3.41. The molecule has 3 atom stereocenters. The van der Waals surface area contributed by atoms with Crippen LogP contribution in [-0.2, 0) is 0 Å². The van der Waals surface area contributed by atoms with Gasteiger partial charge in [0.25, 0.3) is 0 Å². The standard InChI is InChI=1S/C20H19NO2/c1-23-14-10-11-18-17(12-14)15-8-5-9-16(15)19(21-18)20(22)13-6-3-2-4-7-13/h2-8,10-12,15-16,19,21H,9H2,1H3/t15-,16+,19-/m0/s1. The van der Waals surface area contributed by atoms with Crippen LogP contribution in [0, 0.1) is 5.92 Å². The molecule has 2 aliphatic rings. The fraction of sp³-hybridized carbons (Fsp3) is 0.250. The van der Waals surface area contributed by atoms with Crippen molar-refractivity contribution in [3.63, 3.8) is 0 Å². The zero-order chi connectivity index (χ0) is 15.8. The molecule has 0 bridgehead atoms. The lowest BCUT2D eigenvalue weighted by atomic mass is 9.77. The largest absolute Gasteiger partial charge is 0.497 e. The summed E-state index contributed by atoms with van der Waals surface area (Å²) in [5.41, 5.74) is 3.03. The smallest absolute Gasteiger partial charge is 0.185 e. The molecule has 4 rings (SSSR count). The highest BCUT2D eigenvalue weighted by Crippen LogP contribution is 2.46. The van der Waals surface area contributed by atoms with Crippen LogP contribution in [0.3, 0.4) is 0 Å². The highest BCUT2D eigenvalue weighted by atomic mass is 16.5. The summed E-state index contributed by atoms with van der Waals surface area (Å²) in [6.07, 6.45) is 5.35. The Labute approximate surface area is 136 Å². The lowest BCUT2D eigenvalue weighted by Gasteiger charge is -2.36. The molecule has 2 aromatic rings. The van der Waals surface area contributed by atoms with Gasteiger partial charge in [-0.15, -0.1) is 0 Å². The summed E-state index contributed by atoms with van der Waals surface area (Å²) >= 11 is 0. The van der Waals surface area contributed by atoms with Crippen LogP contribution in [0.25, 0.3) is 0 Å². The van der Waals surface area contributed by atoms with Crippen LogP contribution in [0.2, 0.25) is 0 Å². The van der Waals surface area contributed by atoms with Gasteiger partial charge in [0, 0.05) is 23.1 Å². The molecule has 0 fully saturated rings. The number of nitrogens with one attached hydrogen (secondary N) is 1. The molecule has 23 heavy (non-hydrogen) atoms. The van der Waals surface area contributed by atoms with Gasteiger partial charge in [0.05, 0.1) is 13.2 Å². The number of Topliss-reactive ketones (excluding diaryl/α,β-unsaturated/α-hetero) is 1. The van der Waals surface area contributed by atoms with E-state index in [1.165, 1.54) is 5.56 Å². The fourth-order valence-electron chi connectivity index (χ4n) is 3.74. The van der Waals surface area contributed by atoms with Crippen molar-refractivity contribution in [1.29, 1.82) is 0 Å². The van der Waals surface area contributed by atoms with E-state index in [-0.39, 0.29) is 23.7 Å². The molecule has 0 saturated carbocycles. The zero-order valence-corrected chi connectivity index (χ0v) is 13.0. The second-order valence-corrected chi connectivity index (χ2v) is 6.16. The number of anilines is 1. The van der Waals surface area contributed by atoms with Crippen molar-refractivity contribution in [2.75, 3.05) is 12.4 Å².